The molecule has 1 saturated carbocycles. The summed E-state index contributed by atoms with van der Waals surface area (Å²) in [6.45, 7) is 0.808. The molecule has 0 saturated heterocycles. The molecule has 3 N–H and O–H groups in total. The molecule has 0 atom stereocenters. The second-order valence-corrected chi connectivity index (χ2v) is 6.30. The Bertz CT molecular complexity index is 627. The molecular weight excluding hydrogens is 327 g/mol. The zero-order valence-corrected chi connectivity index (χ0v) is 14.0. The Morgan fingerprint density at radius 2 is 1.68 bits per heavy atom. The number of amides is 2. The smallest absolute Gasteiger partial charge is 0.306 e. The predicted molar refractivity (Wildman–Crippen MR) is 89.4 cm³/mol. The molecule has 25 heavy (non-hydrogen) atoms. The lowest BCUT2D eigenvalue weighted by Gasteiger charge is -2.25. The third-order valence-corrected chi connectivity index (χ3v) is 4.47. The molecule has 7 heteroatoms. The second-order valence-electron chi connectivity index (χ2n) is 6.30. The zero-order chi connectivity index (χ0) is 18.2. The van der Waals surface area contributed by atoms with E-state index < -0.39 is 11.8 Å². The number of carbonyl (C=O) groups excluding carboxylic acids is 2. The van der Waals surface area contributed by atoms with Gasteiger partial charge in [-0.15, -0.1) is 0 Å². The first kappa shape index (κ1) is 18.9. The van der Waals surface area contributed by atoms with E-state index in [1.807, 2.05) is 0 Å². The van der Waals surface area contributed by atoms with Crippen LogP contribution in [-0.4, -0.2) is 36.0 Å². The van der Waals surface area contributed by atoms with Crippen LogP contribution in [0, 0.1) is 17.7 Å². The highest BCUT2D eigenvalue weighted by Gasteiger charge is 2.29. The highest BCUT2D eigenvalue weighted by atomic mass is 19.1. The van der Waals surface area contributed by atoms with Crippen LogP contribution in [-0.2, 0) is 9.59 Å². The highest BCUT2D eigenvalue weighted by Crippen LogP contribution is 2.28. The van der Waals surface area contributed by atoms with Crippen LogP contribution in [0.25, 0.3) is 0 Å². The topological polar surface area (TPSA) is 95.5 Å². The summed E-state index contributed by atoms with van der Waals surface area (Å²) in [5.41, 5.74) is 0.263. The highest BCUT2D eigenvalue weighted by molar-refractivity contribution is 5.94. The van der Waals surface area contributed by atoms with E-state index in [-0.39, 0.29) is 29.2 Å². The first-order chi connectivity index (χ1) is 12.0. The quantitative estimate of drug-likeness (QED) is 0.655. The summed E-state index contributed by atoms with van der Waals surface area (Å²) in [5, 5.41) is 14.4. The summed E-state index contributed by atoms with van der Waals surface area (Å²) in [4.78, 5) is 34.8. The van der Waals surface area contributed by atoms with Crippen molar-refractivity contribution in [3.8, 4) is 0 Å². The molecule has 1 aromatic carbocycles. The van der Waals surface area contributed by atoms with Gasteiger partial charge in [0.05, 0.1) is 5.92 Å². The van der Waals surface area contributed by atoms with Crippen molar-refractivity contribution in [3.63, 3.8) is 0 Å². The number of hydrogen-bond acceptors (Lipinski definition) is 3. The molecule has 1 aromatic rings. The van der Waals surface area contributed by atoms with E-state index in [9.17, 15) is 18.8 Å². The lowest BCUT2D eigenvalue weighted by molar-refractivity contribution is -0.144. The molecule has 0 bridgehead atoms. The maximum Gasteiger partial charge on any atom is 0.306 e. The number of nitrogens with one attached hydrogen (secondary N) is 2. The molecule has 0 heterocycles. The van der Waals surface area contributed by atoms with Crippen molar-refractivity contribution in [1.82, 2.24) is 10.6 Å². The lowest BCUT2D eigenvalue weighted by atomic mass is 9.81. The van der Waals surface area contributed by atoms with Crippen LogP contribution in [0.5, 0.6) is 0 Å². The molecule has 1 fully saturated rings. The summed E-state index contributed by atoms with van der Waals surface area (Å²) in [7, 11) is 0. The second kappa shape index (κ2) is 9.15. The van der Waals surface area contributed by atoms with Gasteiger partial charge in [-0.05, 0) is 50.3 Å². The van der Waals surface area contributed by atoms with E-state index in [0.717, 1.165) is 0 Å². The summed E-state index contributed by atoms with van der Waals surface area (Å²) in [6, 6.07) is 5.46. The van der Waals surface area contributed by atoms with E-state index in [1.54, 1.807) is 0 Å². The number of aliphatic carboxylic acids is 1. The number of benzene rings is 1. The molecule has 0 aromatic heterocycles. The third-order valence-electron chi connectivity index (χ3n) is 4.47. The summed E-state index contributed by atoms with van der Waals surface area (Å²) in [6.07, 6.45) is 2.84. The predicted octanol–water partition coefficient (Wildman–Crippen LogP) is 1.95. The van der Waals surface area contributed by atoms with Crippen LogP contribution in [0.2, 0.25) is 0 Å². The van der Waals surface area contributed by atoms with Crippen molar-refractivity contribution >= 4 is 17.8 Å². The van der Waals surface area contributed by atoms with Crippen LogP contribution in [0.4, 0.5) is 4.39 Å². The molecule has 136 valence electrons. The van der Waals surface area contributed by atoms with Crippen molar-refractivity contribution < 1.29 is 23.9 Å². The number of rotatable bonds is 7. The average Bonchev–Trinajstić information content (AvgIpc) is 2.61. The standard InChI is InChI=1S/C18H23FN2O4/c19-15-4-1-3-14(11-15)17(23)21-10-2-9-20-16(22)12-5-7-13(8-6-12)18(24)25/h1,3-4,11-13H,2,5-10H2,(H,20,22)(H,21,23)(H,24,25). The molecule has 2 amide bonds. The third kappa shape index (κ3) is 5.85. The number of halogens is 1. The number of carbonyl (C=O) groups is 3. The molecule has 0 spiro atoms. The Balaban J connectivity index is 1.61. The molecule has 0 unspecified atom stereocenters. The Labute approximate surface area is 145 Å². The Kier molecular flexibility index (Phi) is 6.91. The van der Waals surface area contributed by atoms with Crippen LogP contribution < -0.4 is 10.6 Å². The molecule has 6 nitrogen and oxygen atoms in total. The van der Waals surface area contributed by atoms with E-state index in [4.69, 9.17) is 5.11 Å². The van der Waals surface area contributed by atoms with Crippen molar-refractivity contribution in [1.29, 1.82) is 0 Å². The summed E-state index contributed by atoms with van der Waals surface area (Å²) < 4.78 is 13.0. The lowest BCUT2D eigenvalue weighted by Crippen LogP contribution is -2.36. The van der Waals surface area contributed by atoms with Gasteiger partial charge in [-0.2, -0.15) is 0 Å². The number of carboxylic acid groups (broad SMARTS) is 1. The van der Waals surface area contributed by atoms with Crippen LogP contribution in [0.3, 0.4) is 0 Å². The summed E-state index contributed by atoms with van der Waals surface area (Å²) in [5.74, 6) is -2.11. The molecule has 1 aliphatic rings. The largest absolute Gasteiger partial charge is 0.481 e. The first-order valence-electron chi connectivity index (χ1n) is 8.51. The number of hydrogen-bond donors (Lipinski definition) is 3. The SMILES string of the molecule is O=C(NCCCNC(=O)C1CCC(C(=O)O)CC1)c1cccc(F)c1. The van der Waals surface area contributed by atoms with Crippen molar-refractivity contribution in [3.05, 3.63) is 35.6 Å². The molecule has 0 aliphatic heterocycles. The van der Waals surface area contributed by atoms with Crippen molar-refractivity contribution in [2.24, 2.45) is 11.8 Å². The van der Waals surface area contributed by atoms with E-state index in [2.05, 4.69) is 10.6 Å². The Morgan fingerprint density at radius 1 is 1.04 bits per heavy atom. The van der Waals surface area contributed by atoms with Gasteiger partial charge in [0.25, 0.3) is 5.91 Å². The fraction of sp³-hybridized carbons (Fsp3) is 0.500. The normalized spacial score (nSPS) is 19.9. The first-order valence-corrected chi connectivity index (χ1v) is 8.51. The van der Waals surface area contributed by atoms with Gasteiger partial charge in [-0.3, -0.25) is 14.4 Å². The molecule has 1 aliphatic carbocycles. The van der Waals surface area contributed by atoms with Gasteiger partial charge in [0.15, 0.2) is 0 Å². The molecule has 2 rings (SSSR count). The maximum atomic E-state index is 13.0. The van der Waals surface area contributed by atoms with Gasteiger partial charge >= 0.3 is 5.97 Å². The van der Waals surface area contributed by atoms with Gasteiger partial charge < -0.3 is 15.7 Å². The van der Waals surface area contributed by atoms with E-state index >= 15 is 0 Å². The zero-order valence-electron chi connectivity index (χ0n) is 14.0. The van der Waals surface area contributed by atoms with Gasteiger partial charge in [0, 0.05) is 24.6 Å². The average molecular weight is 350 g/mol. The summed E-state index contributed by atoms with van der Waals surface area (Å²) >= 11 is 0. The Morgan fingerprint density at radius 3 is 2.32 bits per heavy atom. The van der Waals surface area contributed by atoms with E-state index in [1.165, 1.54) is 24.3 Å². The maximum absolute atomic E-state index is 13.0. The minimum Gasteiger partial charge on any atom is -0.481 e. The minimum atomic E-state index is -0.784. The van der Waals surface area contributed by atoms with Gasteiger partial charge in [-0.1, -0.05) is 6.07 Å². The molecule has 0 radical (unpaired) electrons. The van der Waals surface area contributed by atoms with Gasteiger partial charge in [0.1, 0.15) is 5.82 Å². The van der Waals surface area contributed by atoms with Crippen molar-refractivity contribution in [2.75, 3.05) is 13.1 Å². The fourth-order valence-electron chi connectivity index (χ4n) is 2.98. The van der Waals surface area contributed by atoms with Crippen molar-refractivity contribution in [2.45, 2.75) is 32.1 Å². The van der Waals surface area contributed by atoms with Gasteiger partial charge in [0.2, 0.25) is 5.91 Å². The monoisotopic (exact) mass is 350 g/mol. The molecular formula is C18H23FN2O4. The fourth-order valence-corrected chi connectivity index (χ4v) is 2.98. The van der Waals surface area contributed by atoms with Crippen LogP contribution in [0.1, 0.15) is 42.5 Å². The van der Waals surface area contributed by atoms with Crippen LogP contribution in [0.15, 0.2) is 24.3 Å². The minimum absolute atomic E-state index is 0.0553. The van der Waals surface area contributed by atoms with E-state index in [0.29, 0.717) is 45.2 Å². The van der Waals surface area contributed by atoms with Gasteiger partial charge in [-0.25, -0.2) is 4.39 Å². The Hall–Kier alpha value is -2.44. The number of carboxylic acids is 1. The van der Waals surface area contributed by atoms with Crippen LogP contribution >= 0.6 is 0 Å².